The molecule has 0 N–H and O–H groups in total. The van der Waals surface area contributed by atoms with Crippen LogP contribution in [0.25, 0.3) is 27.9 Å². The van der Waals surface area contributed by atoms with Gasteiger partial charge in [0.15, 0.2) is 0 Å². The number of nitrogens with zero attached hydrogens (tertiary/aromatic N) is 1. The molecule has 0 fully saturated rings. The lowest BCUT2D eigenvalue weighted by molar-refractivity contribution is 0.159. The highest BCUT2D eigenvalue weighted by atomic mass is 16.5. The van der Waals surface area contributed by atoms with Crippen LogP contribution < -0.4 is 14.9 Å². The number of benzene rings is 2. The molecule has 4 heteroatoms. The summed E-state index contributed by atoms with van der Waals surface area (Å²) in [4.78, 5) is 13.2. The highest BCUT2D eigenvalue weighted by Gasteiger charge is 2.26. The van der Waals surface area contributed by atoms with Gasteiger partial charge in [0.25, 0.3) is 0 Å². The fourth-order valence-corrected chi connectivity index (χ4v) is 3.58. The lowest BCUT2D eigenvalue weighted by atomic mass is 9.98. The SMILES string of the molecule is COc1cc2c(c3c1c(=O)c1ccc(C)cc1n3C)C=CC(C)(C)O2. The van der Waals surface area contributed by atoms with Crippen molar-refractivity contribution >= 4 is 27.9 Å². The molecule has 0 unspecified atom stereocenters. The maximum Gasteiger partial charge on any atom is 0.200 e. The minimum absolute atomic E-state index is 0.0130. The van der Waals surface area contributed by atoms with Crippen molar-refractivity contribution in [3.8, 4) is 11.5 Å². The van der Waals surface area contributed by atoms with Crippen molar-refractivity contribution in [1.82, 2.24) is 4.57 Å². The highest BCUT2D eigenvalue weighted by molar-refractivity contribution is 6.02. The van der Waals surface area contributed by atoms with E-state index in [4.69, 9.17) is 9.47 Å². The quantitative estimate of drug-likeness (QED) is 0.626. The molecule has 4 nitrogen and oxygen atoms in total. The van der Waals surface area contributed by atoms with E-state index in [2.05, 4.69) is 4.57 Å². The number of aryl methyl sites for hydroxylation is 2. The number of rotatable bonds is 1. The molecular formula is C21H21NO3. The van der Waals surface area contributed by atoms with E-state index in [0.29, 0.717) is 16.5 Å². The summed E-state index contributed by atoms with van der Waals surface area (Å²) in [6, 6.07) is 7.72. The summed E-state index contributed by atoms with van der Waals surface area (Å²) in [6.07, 6.45) is 4.06. The summed E-state index contributed by atoms with van der Waals surface area (Å²) < 4.78 is 13.7. The Balaban J connectivity index is 2.26. The summed E-state index contributed by atoms with van der Waals surface area (Å²) in [6.45, 7) is 6.04. The van der Waals surface area contributed by atoms with E-state index in [9.17, 15) is 4.79 Å². The molecule has 1 aliphatic rings. The molecule has 0 atom stereocenters. The minimum atomic E-state index is -0.391. The maximum absolute atomic E-state index is 13.2. The monoisotopic (exact) mass is 335 g/mol. The average Bonchev–Trinajstić information content (AvgIpc) is 2.57. The van der Waals surface area contributed by atoms with Crippen LogP contribution in [0.2, 0.25) is 0 Å². The van der Waals surface area contributed by atoms with E-state index in [1.165, 1.54) is 0 Å². The molecule has 4 rings (SSSR count). The van der Waals surface area contributed by atoms with Crippen LogP contribution in [0.1, 0.15) is 25.0 Å². The Labute approximate surface area is 146 Å². The molecule has 0 saturated carbocycles. The van der Waals surface area contributed by atoms with Crippen LogP contribution in [0.5, 0.6) is 11.5 Å². The first-order valence-corrected chi connectivity index (χ1v) is 8.35. The van der Waals surface area contributed by atoms with E-state index in [-0.39, 0.29) is 5.43 Å². The molecule has 2 aromatic carbocycles. The summed E-state index contributed by atoms with van der Waals surface area (Å²) >= 11 is 0. The predicted octanol–water partition coefficient (Wildman–Crippen LogP) is 4.19. The molecule has 0 amide bonds. The van der Waals surface area contributed by atoms with Crippen molar-refractivity contribution < 1.29 is 9.47 Å². The van der Waals surface area contributed by atoms with Crippen molar-refractivity contribution in [3.63, 3.8) is 0 Å². The molecule has 0 saturated heterocycles. The topological polar surface area (TPSA) is 40.5 Å². The lowest BCUT2D eigenvalue weighted by Gasteiger charge is -2.29. The molecule has 0 bridgehead atoms. The van der Waals surface area contributed by atoms with Gasteiger partial charge in [-0.2, -0.15) is 0 Å². The van der Waals surface area contributed by atoms with Gasteiger partial charge >= 0.3 is 0 Å². The Hall–Kier alpha value is -2.75. The highest BCUT2D eigenvalue weighted by Crippen LogP contribution is 2.40. The van der Waals surface area contributed by atoms with E-state index < -0.39 is 5.60 Å². The number of hydrogen-bond acceptors (Lipinski definition) is 3. The molecule has 0 radical (unpaired) electrons. The van der Waals surface area contributed by atoms with Crippen molar-refractivity contribution in [3.05, 3.63) is 51.7 Å². The van der Waals surface area contributed by atoms with Gasteiger partial charge in [-0.15, -0.1) is 0 Å². The van der Waals surface area contributed by atoms with Crippen LogP contribution in [0, 0.1) is 6.92 Å². The van der Waals surface area contributed by atoms with Crippen molar-refractivity contribution in [1.29, 1.82) is 0 Å². The standard InChI is InChI=1S/C21H21NO3/c1-12-6-7-13-15(10-12)22(4)19-14-8-9-21(2,3)25-16(14)11-17(24-5)18(19)20(13)23/h6-11H,1-5H3. The third-order valence-corrected chi connectivity index (χ3v) is 4.83. The Bertz CT molecular complexity index is 1120. The van der Waals surface area contributed by atoms with Crippen LogP contribution >= 0.6 is 0 Å². The fraction of sp³-hybridized carbons (Fsp3) is 0.286. The van der Waals surface area contributed by atoms with Gasteiger partial charge in [0, 0.05) is 24.1 Å². The molecular weight excluding hydrogens is 314 g/mol. The zero-order chi connectivity index (χ0) is 17.9. The van der Waals surface area contributed by atoms with E-state index in [1.54, 1.807) is 7.11 Å². The zero-order valence-corrected chi connectivity index (χ0v) is 15.1. The zero-order valence-electron chi connectivity index (χ0n) is 15.1. The third kappa shape index (κ3) is 2.24. The number of ether oxygens (including phenoxy) is 2. The van der Waals surface area contributed by atoms with Crippen LogP contribution in [-0.4, -0.2) is 17.3 Å². The minimum Gasteiger partial charge on any atom is -0.496 e. The smallest absolute Gasteiger partial charge is 0.200 e. The second-order valence-electron chi connectivity index (χ2n) is 7.16. The van der Waals surface area contributed by atoms with Crippen molar-refractivity contribution in [2.24, 2.45) is 7.05 Å². The summed E-state index contributed by atoms with van der Waals surface area (Å²) in [7, 11) is 3.57. The van der Waals surface area contributed by atoms with Gasteiger partial charge in [-0.05, 0) is 50.6 Å². The van der Waals surface area contributed by atoms with Crippen LogP contribution in [-0.2, 0) is 7.05 Å². The lowest BCUT2D eigenvalue weighted by Crippen LogP contribution is -2.28. The summed E-state index contributed by atoms with van der Waals surface area (Å²) in [5.74, 6) is 1.28. The van der Waals surface area contributed by atoms with Crippen molar-refractivity contribution in [2.75, 3.05) is 7.11 Å². The number of hydrogen-bond donors (Lipinski definition) is 0. The second kappa shape index (κ2) is 5.12. The first kappa shape index (κ1) is 15.8. The van der Waals surface area contributed by atoms with E-state index in [1.807, 2.05) is 64.2 Å². The first-order valence-electron chi connectivity index (χ1n) is 8.35. The molecule has 0 aliphatic carbocycles. The third-order valence-electron chi connectivity index (χ3n) is 4.83. The van der Waals surface area contributed by atoms with Gasteiger partial charge in [-0.3, -0.25) is 4.79 Å². The fourth-order valence-electron chi connectivity index (χ4n) is 3.58. The molecule has 1 aliphatic heterocycles. The van der Waals surface area contributed by atoms with Gasteiger partial charge in [0.1, 0.15) is 17.1 Å². The van der Waals surface area contributed by atoms with Crippen molar-refractivity contribution in [2.45, 2.75) is 26.4 Å². The molecule has 2 heterocycles. The number of fused-ring (bicyclic) bond motifs is 4. The first-order chi connectivity index (χ1) is 11.8. The second-order valence-corrected chi connectivity index (χ2v) is 7.16. The number of pyridine rings is 1. The molecule has 3 aromatic rings. The maximum atomic E-state index is 13.2. The van der Waals surface area contributed by atoms with Gasteiger partial charge in [0.05, 0.1) is 23.5 Å². The Morgan fingerprint density at radius 2 is 1.96 bits per heavy atom. The predicted molar refractivity (Wildman–Crippen MR) is 102 cm³/mol. The molecule has 128 valence electrons. The Morgan fingerprint density at radius 3 is 2.68 bits per heavy atom. The number of methoxy groups -OCH3 is 1. The Kier molecular flexibility index (Phi) is 3.23. The van der Waals surface area contributed by atoms with Crippen LogP contribution in [0.15, 0.2) is 35.1 Å². The summed E-state index contributed by atoms with van der Waals surface area (Å²) in [5, 5.41) is 1.29. The van der Waals surface area contributed by atoms with Crippen LogP contribution in [0.3, 0.4) is 0 Å². The summed E-state index contributed by atoms with van der Waals surface area (Å²) in [5.41, 5.74) is 3.37. The van der Waals surface area contributed by atoms with Gasteiger partial charge < -0.3 is 14.0 Å². The molecule has 1 aromatic heterocycles. The van der Waals surface area contributed by atoms with Gasteiger partial charge in [-0.1, -0.05) is 6.07 Å². The Morgan fingerprint density at radius 1 is 1.20 bits per heavy atom. The molecule has 25 heavy (non-hydrogen) atoms. The van der Waals surface area contributed by atoms with Gasteiger partial charge in [0.2, 0.25) is 5.43 Å². The van der Waals surface area contributed by atoms with Crippen LogP contribution in [0.4, 0.5) is 0 Å². The average molecular weight is 335 g/mol. The normalized spacial score (nSPS) is 15.2. The van der Waals surface area contributed by atoms with Gasteiger partial charge in [-0.25, -0.2) is 0 Å². The number of aromatic nitrogens is 1. The van der Waals surface area contributed by atoms with E-state index >= 15 is 0 Å². The largest absolute Gasteiger partial charge is 0.496 e. The van der Waals surface area contributed by atoms with E-state index in [0.717, 1.165) is 27.9 Å². The molecule has 0 spiro atoms.